The van der Waals surface area contributed by atoms with E-state index in [9.17, 15) is 0 Å². The minimum absolute atomic E-state index is 0.501. The smallest absolute Gasteiger partial charge is 0.123 e. The highest BCUT2D eigenvalue weighted by molar-refractivity contribution is 5.75. The van der Waals surface area contributed by atoms with E-state index < -0.39 is 0 Å². The van der Waals surface area contributed by atoms with Gasteiger partial charge in [-0.05, 0) is 37.6 Å². The Morgan fingerprint density at radius 3 is 2.96 bits per heavy atom. The first-order valence-electron chi connectivity index (χ1n) is 8.20. The molecule has 0 amide bonds. The van der Waals surface area contributed by atoms with Crippen LogP contribution < -0.4 is 0 Å². The predicted molar refractivity (Wildman–Crippen MR) is 90.0 cm³/mol. The van der Waals surface area contributed by atoms with E-state index in [4.69, 9.17) is 4.98 Å². The zero-order chi connectivity index (χ0) is 15.6. The van der Waals surface area contributed by atoms with E-state index in [-0.39, 0.29) is 0 Å². The third kappa shape index (κ3) is 2.84. The van der Waals surface area contributed by atoms with Gasteiger partial charge in [-0.15, -0.1) is 0 Å². The molecule has 1 aliphatic rings. The van der Waals surface area contributed by atoms with Gasteiger partial charge in [0.2, 0.25) is 0 Å². The maximum absolute atomic E-state index is 4.80. The fourth-order valence-electron chi connectivity index (χ4n) is 3.52. The molecule has 0 aliphatic carbocycles. The molecule has 1 fully saturated rings. The molecule has 0 spiro atoms. The molecule has 0 N–H and O–H groups in total. The lowest BCUT2D eigenvalue weighted by molar-refractivity contribution is 0.193. The number of aryl methyl sites for hydroxylation is 1. The van der Waals surface area contributed by atoms with Gasteiger partial charge in [0.1, 0.15) is 12.2 Å². The molecule has 3 aromatic rings. The molecule has 2 aromatic heterocycles. The van der Waals surface area contributed by atoms with Crippen molar-refractivity contribution in [3.63, 3.8) is 0 Å². The van der Waals surface area contributed by atoms with Crippen LogP contribution in [0.25, 0.3) is 11.0 Å². The summed E-state index contributed by atoms with van der Waals surface area (Å²) in [6, 6.07) is 10.4. The largest absolute Gasteiger partial charge is 0.330 e. The molecule has 3 heterocycles. The van der Waals surface area contributed by atoms with E-state index in [0.29, 0.717) is 5.92 Å². The molecular formula is C18H21N5. The summed E-state index contributed by atoms with van der Waals surface area (Å²) in [5, 5.41) is 0. The molecule has 1 aliphatic heterocycles. The molecule has 0 unspecified atom stereocenters. The Labute approximate surface area is 136 Å². The quantitative estimate of drug-likeness (QED) is 0.746. The Hall–Kier alpha value is -2.27. The van der Waals surface area contributed by atoms with E-state index in [0.717, 1.165) is 36.7 Å². The minimum atomic E-state index is 0.501. The number of fused-ring (bicyclic) bond motifs is 1. The van der Waals surface area contributed by atoms with Gasteiger partial charge in [-0.25, -0.2) is 15.0 Å². The molecule has 5 nitrogen and oxygen atoms in total. The van der Waals surface area contributed by atoms with E-state index in [1.165, 1.54) is 18.4 Å². The molecule has 23 heavy (non-hydrogen) atoms. The number of imidazole rings is 1. The number of hydrogen-bond donors (Lipinski definition) is 0. The topological polar surface area (TPSA) is 46.8 Å². The average molecular weight is 307 g/mol. The molecule has 1 saturated heterocycles. The number of benzene rings is 1. The number of hydrogen-bond acceptors (Lipinski definition) is 4. The summed E-state index contributed by atoms with van der Waals surface area (Å²) < 4.78 is 2.21. The van der Waals surface area contributed by atoms with E-state index in [1.807, 2.05) is 18.3 Å². The number of nitrogens with zero attached hydrogens (tertiary/aromatic N) is 5. The second kappa shape index (κ2) is 6.08. The lowest BCUT2D eigenvalue weighted by Crippen LogP contribution is -2.34. The van der Waals surface area contributed by atoms with Crippen LogP contribution in [0.2, 0.25) is 0 Å². The molecular weight excluding hydrogens is 286 g/mol. The summed E-state index contributed by atoms with van der Waals surface area (Å²) in [5.41, 5.74) is 3.44. The average Bonchev–Trinajstić information content (AvgIpc) is 2.92. The van der Waals surface area contributed by atoms with Crippen LogP contribution in [0.5, 0.6) is 0 Å². The number of aromatic nitrogens is 4. The molecule has 118 valence electrons. The van der Waals surface area contributed by atoms with Crippen LogP contribution in [0.15, 0.2) is 42.9 Å². The van der Waals surface area contributed by atoms with E-state index in [1.54, 1.807) is 6.33 Å². The van der Waals surface area contributed by atoms with Gasteiger partial charge in [0, 0.05) is 31.4 Å². The van der Waals surface area contributed by atoms with Crippen molar-refractivity contribution in [3.8, 4) is 0 Å². The van der Waals surface area contributed by atoms with Gasteiger partial charge in [-0.2, -0.15) is 0 Å². The lowest BCUT2D eigenvalue weighted by Gasteiger charge is -2.32. The maximum atomic E-state index is 4.80. The Bertz CT molecular complexity index is 796. The van der Waals surface area contributed by atoms with E-state index >= 15 is 0 Å². The first-order valence-corrected chi connectivity index (χ1v) is 8.20. The number of likely N-dealkylation sites (tertiary alicyclic amines) is 1. The van der Waals surface area contributed by atoms with Gasteiger partial charge in [0.05, 0.1) is 17.6 Å². The van der Waals surface area contributed by atoms with Gasteiger partial charge >= 0.3 is 0 Å². The summed E-state index contributed by atoms with van der Waals surface area (Å²) in [5.74, 6) is 1.64. The Morgan fingerprint density at radius 2 is 2.13 bits per heavy atom. The van der Waals surface area contributed by atoms with Gasteiger partial charge in [-0.1, -0.05) is 12.1 Å². The second-order valence-electron chi connectivity index (χ2n) is 6.28. The predicted octanol–water partition coefficient (Wildman–Crippen LogP) is 2.74. The molecule has 5 heteroatoms. The molecule has 0 bridgehead atoms. The lowest BCUT2D eigenvalue weighted by atomic mass is 9.94. The van der Waals surface area contributed by atoms with Crippen LogP contribution in [0.4, 0.5) is 0 Å². The fraction of sp³-hybridized carbons (Fsp3) is 0.389. The van der Waals surface area contributed by atoms with Gasteiger partial charge in [0.25, 0.3) is 0 Å². The molecule has 1 aromatic carbocycles. The highest BCUT2D eigenvalue weighted by Gasteiger charge is 2.23. The van der Waals surface area contributed by atoms with Crippen LogP contribution in [-0.4, -0.2) is 37.5 Å². The third-order valence-corrected chi connectivity index (χ3v) is 4.77. The fourth-order valence-corrected chi connectivity index (χ4v) is 3.52. The van der Waals surface area contributed by atoms with Gasteiger partial charge in [-0.3, -0.25) is 4.90 Å². The Kier molecular flexibility index (Phi) is 3.79. The van der Waals surface area contributed by atoms with Crippen molar-refractivity contribution in [2.24, 2.45) is 7.05 Å². The number of rotatable bonds is 3. The number of para-hydroxylation sites is 2. The Balaban J connectivity index is 1.53. The molecule has 4 rings (SSSR count). The SMILES string of the molecule is Cn1c(CN2CCC[C@@H](c3ccncn3)C2)nc2ccccc21. The zero-order valence-electron chi connectivity index (χ0n) is 13.4. The normalized spacial score (nSPS) is 19.3. The van der Waals surface area contributed by atoms with Crippen molar-refractivity contribution < 1.29 is 0 Å². The first-order chi connectivity index (χ1) is 11.3. The van der Waals surface area contributed by atoms with Crippen molar-refractivity contribution in [3.05, 3.63) is 54.4 Å². The summed E-state index contributed by atoms with van der Waals surface area (Å²) in [6.45, 7) is 3.07. The monoisotopic (exact) mass is 307 g/mol. The van der Waals surface area contributed by atoms with Crippen molar-refractivity contribution in [2.45, 2.75) is 25.3 Å². The molecule has 0 radical (unpaired) electrons. The third-order valence-electron chi connectivity index (χ3n) is 4.77. The maximum Gasteiger partial charge on any atom is 0.123 e. The second-order valence-corrected chi connectivity index (χ2v) is 6.28. The number of piperidine rings is 1. The summed E-state index contributed by atoms with van der Waals surface area (Å²) in [7, 11) is 2.11. The molecule has 1 atom stereocenters. The highest BCUT2D eigenvalue weighted by Crippen LogP contribution is 2.26. The summed E-state index contributed by atoms with van der Waals surface area (Å²) in [4.78, 5) is 15.8. The highest BCUT2D eigenvalue weighted by atomic mass is 15.2. The van der Waals surface area contributed by atoms with Crippen molar-refractivity contribution in [1.82, 2.24) is 24.4 Å². The standard InChI is InChI=1S/C18H21N5/c1-22-17-7-3-2-6-16(17)21-18(22)12-23-10-4-5-14(11-23)15-8-9-19-13-20-15/h2-3,6-9,13-14H,4-5,10-12H2,1H3/t14-/m1/s1. The van der Waals surface area contributed by atoms with Crippen LogP contribution in [0.1, 0.15) is 30.3 Å². The van der Waals surface area contributed by atoms with Crippen LogP contribution in [0.3, 0.4) is 0 Å². The van der Waals surface area contributed by atoms with Gasteiger partial charge < -0.3 is 4.57 Å². The van der Waals surface area contributed by atoms with Crippen LogP contribution in [-0.2, 0) is 13.6 Å². The summed E-state index contributed by atoms with van der Waals surface area (Å²) in [6.07, 6.45) is 5.90. The molecule has 0 saturated carbocycles. The van der Waals surface area contributed by atoms with Crippen molar-refractivity contribution in [1.29, 1.82) is 0 Å². The first kappa shape index (κ1) is 14.3. The van der Waals surface area contributed by atoms with Gasteiger partial charge in [0.15, 0.2) is 0 Å². The van der Waals surface area contributed by atoms with Crippen LogP contribution >= 0.6 is 0 Å². The van der Waals surface area contributed by atoms with E-state index in [2.05, 4.69) is 44.7 Å². The van der Waals surface area contributed by atoms with Crippen LogP contribution in [0, 0.1) is 0 Å². The Morgan fingerprint density at radius 1 is 1.22 bits per heavy atom. The van der Waals surface area contributed by atoms with Crippen molar-refractivity contribution in [2.75, 3.05) is 13.1 Å². The zero-order valence-corrected chi connectivity index (χ0v) is 13.4. The minimum Gasteiger partial charge on any atom is -0.330 e. The summed E-state index contributed by atoms with van der Waals surface area (Å²) >= 11 is 0. The van der Waals surface area contributed by atoms with Crippen molar-refractivity contribution >= 4 is 11.0 Å².